The molecule has 7 nitrogen and oxygen atoms in total. The van der Waals surface area contributed by atoms with E-state index in [-0.39, 0.29) is 0 Å². The Morgan fingerprint density at radius 1 is 1.35 bits per heavy atom. The zero-order chi connectivity index (χ0) is 11.8. The second kappa shape index (κ2) is 3.92. The topological polar surface area (TPSA) is 73.5 Å². The predicted molar refractivity (Wildman–Crippen MR) is 61.4 cm³/mol. The van der Waals surface area contributed by atoms with Crippen molar-refractivity contribution in [3.05, 3.63) is 12.0 Å². The molecule has 3 heterocycles. The Bertz CT molecular complexity index is 522. The average Bonchev–Trinajstić information content (AvgIpc) is 2.82. The molecule has 2 aromatic heterocycles. The summed E-state index contributed by atoms with van der Waals surface area (Å²) in [7, 11) is 0. The van der Waals surface area contributed by atoms with E-state index in [0.29, 0.717) is 6.04 Å². The summed E-state index contributed by atoms with van der Waals surface area (Å²) in [4.78, 5) is 0. The van der Waals surface area contributed by atoms with E-state index < -0.39 is 0 Å². The number of nitrogens with one attached hydrogen (secondary N) is 1. The molecule has 17 heavy (non-hydrogen) atoms. The Kier molecular flexibility index (Phi) is 2.40. The minimum Gasteiger partial charge on any atom is -0.312 e. The summed E-state index contributed by atoms with van der Waals surface area (Å²) in [6.45, 7) is 6.77. The first-order valence-corrected chi connectivity index (χ1v) is 5.82. The monoisotopic (exact) mass is 233 g/mol. The summed E-state index contributed by atoms with van der Waals surface area (Å²) in [5, 5.41) is 19.8. The predicted octanol–water partition coefficient (Wildman–Crippen LogP) is 0.00922. The molecule has 0 bridgehead atoms. The van der Waals surface area contributed by atoms with Crippen LogP contribution < -0.4 is 5.32 Å². The van der Waals surface area contributed by atoms with Crippen LogP contribution >= 0.6 is 0 Å². The van der Waals surface area contributed by atoms with Crippen LogP contribution in [0.3, 0.4) is 0 Å². The third-order valence-corrected chi connectivity index (χ3v) is 3.13. The molecule has 0 atom stereocenters. The molecule has 3 rings (SSSR count). The highest BCUT2D eigenvalue weighted by Gasteiger charge is 2.21. The first kappa shape index (κ1) is 10.4. The van der Waals surface area contributed by atoms with Crippen LogP contribution in [0.25, 0.3) is 11.5 Å². The van der Waals surface area contributed by atoms with Gasteiger partial charge in [-0.3, -0.25) is 0 Å². The van der Waals surface area contributed by atoms with Gasteiger partial charge >= 0.3 is 0 Å². The Hall–Kier alpha value is -1.76. The van der Waals surface area contributed by atoms with Crippen LogP contribution in [0.4, 0.5) is 0 Å². The van der Waals surface area contributed by atoms with Crippen molar-refractivity contribution in [3.8, 4) is 11.5 Å². The van der Waals surface area contributed by atoms with Gasteiger partial charge in [-0.25, -0.2) is 4.68 Å². The van der Waals surface area contributed by atoms with E-state index >= 15 is 0 Å². The molecular formula is C10H15N7. The van der Waals surface area contributed by atoms with Crippen molar-refractivity contribution in [3.63, 3.8) is 0 Å². The van der Waals surface area contributed by atoms with E-state index in [1.807, 2.05) is 22.4 Å². The number of aromatic nitrogens is 6. The summed E-state index contributed by atoms with van der Waals surface area (Å²) in [6.07, 6.45) is 1.95. The van der Waals surface area contributed by atoms with Crippen LogP contribution in [0.1, 0.15) is 18.8 Å². The van der Waals surface area contributed by atoms with Crippen LogP contribution in [-0.4, -0.2) is 42.8 Å². The van der Waals surface area contributed by atoms with Gasteiger partial charge in [0.05, 0.1) is 12.2 Å². The molecule has 1 saturated heterocycles. The first-order valence-electron chi connectivity index (χ1n) is 5.82. The van der Waals surface area contributed by atoms with Crippen LogP contribution in [0.5, 0.6) is 0 Å². The minimum absolute atomic E-state index is 0.426. The SMILES string of the molecule is CCn1c(C)nnc1-c1cn(C2CNC2)nn1. The number of hydrogen-bond donors (Lipinski definition) is 1. The Morgan fingerprint density at radius 3 is 2.82 bits per heavy atom. The fourth-order valence-corrected chi connectivity index (χ4v) is 1.97. The van der Waals surface area contributed by atoms with Gasteiger partial charge in [-0.05, 0) is 13.8 Å². The number of aryl methyl sites for hydroxylation is 1. The normalized spacial score (nSPS) is 16.1. The average molecular weight is 233 g/mol. The van der Waals surface area contributed by atoms with Crippen LogP contribution in [-0.2, 0) is 6.54 Å². The van der Waals surface area contributed by atoms with E-state index in [9.17, 15) is 0 Å². The van der Waals surface area contributed by atoms with Gasteiger partial charge in [0.25, 0.3) is 0 Å². The molecule has 1 aliphatic rings. The lowest BCUT2D eigenvalue weighted by Gasteiger charge is -2.26. The molecule has 7 heteroatoms. The van der Waals surface area contributed by atoms with E-state index in [0.717, 1.165) is 37.0 Å². The van der Waals surface area contributed by atoms with Crippen LogP contribution in [0.15, 0.2) is 6.20 Å². The standard InChI is InChI=1S/C10H15N7/c1-3-16-7(2)12-14-10(16)9-6-17(15-13-9)8-4-11-5-8/h6,8,11H,3-5H2,1-2H3. The number of nitrogens with zero attached hydrogens (tertiary/aromatic N) is 6. The molecule has 90 valence electrons. The van der Waals surface area contributed by atoms with Gasteiger partial charge in [0, 0.05) is 19.6 Å². The van der Waals surface area contributed by atoms with Gasteiger partial charge in [0.15, 0.2) is 11.5 Å². The van der Waals surface area contributed by atoms with Crippen molar-refractivity contribution in [2.24, 2.45) is 0 Å². The largest absolute Gasteiger partial charge is 0.312 e. The third kappa shape index (κ3) is 1.62. The third-order valence-electron chi connectivity index (χ3n) is 3.13. The fraction of sp³-hybridized carbons (Fsp3) is 0.600. The zero-order valence-electron chi connectivity index (χ0n) is 9.96. The Morgan fingerprint density at radius 2 is 2.18 bits per heavy atom. The maximum atomic E-state index is 4.17. The summed E-state index contributed by atoms with van der Waals surface area (Å²) in [5.41, 5.74) is 0.791. The van der Waals surface area contributed by atoms with Gasteiger partial charge in [0.2, 0.25) is 0 Å². The highest BCUT2D eigenvalue weighted by Crippen LogP contribution is 2.17. The molecule has 1 N–H and O–H groups in total. The Balaban J connectivity index is 1.94. The van der Waals surface area contributed by atoms with E-state index in [4.69, 9.17) is 0 Å². The van der Waals surface area contributed by atoms with Gasteiger partial charge in [-0.15, -0.1) is 15.3 Å². The minimum atomic E-state index is 0.426. The lowest BCUT2D eigenvalue weighted by Crippen LogP contribution is -2.43. The fourth-order valence-electron chi connectivity index (χ4n) is 1.97. The van der Waals surface area contributed by atoms with Crippen molar-refractivity contribution < 1.29 is 0 Å². The number of rotatable bonds is 3. The van der Waals surface area contributed by atoms with Crippen LogP contribution in [0, 0.1) is 6.92 Å². The summed E-state index contributed by atoms with van der Waals surface area (Å²) >= 11 is 0. The highest BCUT2D eigenvalue weighted by atomic mass is 15.5. The Labute approximate surface area is 98.8 Å². The highest BCUT2D eigenvalue weighted by molar-refractivity contribution is 5.47. The molecule has 2 aromatic rings. The molecule has 1 fully saturated rings. The van der Waals surface area contributed by atoms with E-state index in [1.165, 1.54) is 0 Å². The lowest BCUT2D eigenvalue weighted by atomic mass is 10.2. The summed E-state index contributed by atoms with van der Waals surface area (Å²) in [6, 6.07) is 0.426. The molecule has 1 aliphatic heterocycles. The van der Waals surface area contributed by atoms with Crippen molar-refractivity contribution in [1.82, 2.24) is 35.1 Å². The smallest absolute Gasteiger partial charge is 0.186 e. The van der Waals surface area contributed by atoms with Crippen molar-refractivity contribution in [1.29, 1.82) is 0 Å². The zero-order valence-corrected chi connectivity index (χ0v) is 9.96. The lowest BCUT2D eigenvalue weighted by molar-refractivity contribution is 0.313. The maximum absolute atomic E-state index is 4.17. The van der Waals surface area contributed by atoms with Gasteiger partial charge < -0.3 is 9.88 Å². The molecular weight excluding hydrogens is 218 g/mol. The van der Waals surface area contributed by atoms with E-state index in [1.54, 1.807) is 0 Å². The maximum Gasteiger partial charge on any atom is 0.186 e. The molecule has 0 aromatic carbocycles. The van der Waals surface area contributed by atoms with Crippen LogP contribution in [0.2, 0.25) is 0 Å². The van der Waals surface area contributed by atoms with Gasteiger partial charge in [-0.1, -0.05) is 5.21 Å². The summed E-state index contributed by atoms with van der Waals surface area (Å²) in [5.74, 6) is 1.70. The molecule has 0 saturated carbocycles. The quantitative estimate of drug-likeness (QED) is 0.808. The van der Waals surface area contributed by atoms with Gasteiger partial charge in [-0.2, -0.15) is 0 Å². The second-order valence-electron chi connectivity index (χ2n) is 4.21. The van der Waals surface area contributed by atoms with Gasteiger partial charge in [0.1, 0.15) is 5.82 Å². The first-order chi connectivity index (χ1) is 8.29. The van der Waals surface area contributed by atoms with E-state index in [2.05, 4.69) is 32.7 Å². The molecule has 0 spiro atoms. The molecule has 0 amide bonds. The molecule has 0 aliphatic carbocycles. The van der Waals surface area contributed by atoms with Crippen molar-refractivity contribution >= 4 is 0 Å². The van der Waals surface area contributed by atoms with Crippen molar-refractivity contribution in [2.75, 3.05) is 13.1 Å². The summed E-state index contributed by atoms with van der Waals surface area (Å²) < 4.78 is 3.93. The number of hydrogen-bond acceptors (Lipinski definition) is 5. The molecule has 0 unspecified atom stereocenters. The van der Waals surface area contributed by atoms with Crippen molar-refractivity contribution in [2.45, 2.75) is 26.4 Å². The second-order valence-corrected chi connectivity index (χ2v) is 4.21. The molecule has 0 radical (unpaired) electrons.